The number of ether oxygens (including phenoxy) is 1. The minimum absolute atomic E-state index is 0.0103. The first-order valence-electron chi connectivity index (χ1n) is 9.61. The molecule has 26 heavy (non-hydrogen) atoms. The van der Waals surface area contributed by atoms with Gasteiger partial charge in [-0.15, -0.1) is 0 Å². The van der Waals surface area contributed by atoms with Gasteiger partial charge in [-0.25, -0.2) is 4.79 Å². The summed E-state index contributed by atoms with van der Waals surface area (Å²) in [6.07, 6.45) is 5.51. The van der Waals surface area contributed by atoms with E-state index in [0.29, 0.717) is 0 Å². The molecule has 1 aromatic carbocycles. The maximum atomic E-state index is 12.6. The van der Waals surface area contributed by atoms with Crippen molar-refractivity contribution in [1.29, 1.82) is 0 Å². The number of nitrogens with one attached hydrogen (secondary N) is 1. The Hall–Kier alpha value is -2.08. The third-order valence-electron chi connectivity index (χ3n) is 5.19. The molecule has 0 heterocycles. The van der Waals surface area contributed by atoms with E-state index in [1.165, 1.54) is 0 Å². The van der Waals surface area contributed by atoms with Crippen molar-refractivity contribution in [2.45, 2.75) is 76.2 Å². The van der Waals surface area contributed by atoms with Gasteiger partial charge in [0, 0.05) is 6.04 Å². The van der Waals surface area contributed by atoms with Crippen molar-refractivity contribution in [2.75, 3.05) is 0 Å². The predicted octanol–water partition coefficient (Wildman–Crippen LogP) is 2.56. The lowest BCUT2D eigenvalue weighted by Crippen LogP contribution is -2.58. The number of amides is 2. The molecular formula is C20H29N3O3. The first-order valence-corrected chi connectivity index (χ1v) is 9.61. The van der Waals surface area contributed by atoms with Gasteiger partial charge in [-0.2, -0.15) is 0 Å². The van der Waals surface area contributed by atoms with E-state index in [2.05, 4.69) is 5.32 Å². The van der Waals surface area contributed by atoms with Gasteiger partial charge in [-0.1, -0.05) is 43.2 Å². The molecule has 6 nitrogen and oxygen atoms in total. The number of nitrogens with zero attached hydrogens (tertiary/aromatic N) is 1. The Morgan fingerprint density at radius 3 is 2.54 bits per heavy atom. The molecular weight excluding hydrogens is 330 g/mol. The van der Waals surface area contributed by atoms with Crippen LogP contribution in [0.2, 0.25) is 0 Å². The molecule has 0 radical (unpaired) electrons. The zero-order valence-electron chi connectivity index (χ0n) is 15.4. The third-order valence-corrected chi connectivity index (χ3v) is 5.19. The lowest BCUT2D eigenvalue weighted by atomic mass is 9.88. The normalized spacial score (nSPS) is 23.8. The van der Waals surface area contributed by atoms with Crippen LogP contribution in [0.4, 0.5) is 4.79 Å². The van der Waals surface area contributed by atoms with Gasteiger partial charge in [0.25, 0.3) is 0 Å². The highest BCUT2D eigenvalue weighted by molar-refractivity contribution is 5.82. The van der Waals surface area contributed by atoms with Crippen molar-refractivity contribution in [3.05, 3.63) is 35.9 Å². The van der Waals surface area contributed by atoms with Gasteiger partial charge in [0.2, 0.25) is 5.91 Å². The number of hydrogen-bond acceptors (Lipinski definition) is 4. The van der Waals surface area contributed by atoms with E-state index in [9.17, 15) is 9.59 Å². The van der Waals surface area contributed by atoms with E-state index in [4.69, 9.17) is 10.5 Å². The summed E-state index contributed by atoms with van der Waals surface area (Å²) in [6.45, 7) is 1.98. The van der Waals surface area contributed by atoms with Crippen molar-refractivity contribution in [1.82, 2.24) is 10.2 Å². The Kier molecular flexibility index (Phi) is 6.14. The van der Waals surface area contributed by atoms with Crippen LogP contribution in [0.3, 0.4) is 0 Å². The molecule has 0 aromatic heterocycles. The fraction of sp³-hybridized carbons (Fsp3) is 0.600. The number of hydrogen-bond donors (Lipinski definition) is 2. The molecule has 2 aliphatic rings. The molecule has 3 N–H and O–H groups in total. The molecule has 0 aliphatic heterocycles. The van der Waals surface area contributed by atoms with Gasteiger partial charge >= 0.3 is 6.09 Å². The zero-order chi connectivity index (χ0) is 18.5. The molecule has 0 spiro atoms. The molecule has 3 unspecified atom stereocenters. The van der Waals surface area contributed by atoms with Crippen molar-refractivity contribution < 1.29 is 14.3 Å². The molecule has 2 saturated carbocycles. The maximum Gasteiger partial charge on any atom is 0.407 e. The summed E-state index contributed by atoms with van der Waals surface area (Å²) in [4.78, 5) is 26.9. The molecule has 0 saturated heterocycles. The Morgan fingerprint density at radius 2 is 1.88 bits per heavy atom. The number of alkyl carbamates (subject to hydrolysis) is 1. The SMILES string of the molecule is CC(N)C(=O)N(C1CC1)C1CCCCC1NC(=O)OCc1ccccc1. The highest BCUT2D eigenvalue weighted by Gasteiger charge is 2.42. The summed E-state index contributed by atoms with van der Waals surface area (Å²) in [7, 11) is 0. The second kappa shape index (κ2) is 8.54. The second-order valence-corrected chi connectivity index (χ2v) is 7.43. The van der Waals surface area contributed by atoms with Crippen LogP contribution in [0, 0.1) is 0 Å². The molecule has 2 amide bonds. The van der Waals surface area contributed by atoms with Crippen LogP contribution in [0.1, 0.15) is 51.0 Å². The van der Waals surface area contributed by atoms with Crippen molar-refractivity contribution >= 4 is 12.0 Å². The zero-order valence-corrected chi connectivity index (χ0v) is 15.4. The third kappa shape index (κ3) is 4.75. The number of carbonyl (C=O) groups is 2. The van der Waals surface area contributed by atoms with Crippen LogP contribution in [-0.4, -0.2) is 41.1 Å². The van der Waals surface area contributed by atoms with Crippen molar-refractivity contribution in [3.8, 4) is 0 Å². The molecule has 0 bridgehead atoms. The Labute approximate surface area is 155 Å². The van der Waals surface area contributed by atoms with E-state index in [-0.39, 0.29) is 30.6 Å². The minimum atomic E-state index is -0.511. The van der Waals surface area contributed by atoms with Crippen molar-refractivity contribution in [2.24, 2.45) is 5.73 Å². The molecule has 142 valence electrons. The molecule has 6 heteroatoms. The average molecular weight is 359 g/mol. The first kappa shape index (κ1) is 18.7. The Morgan fingerprint density at radius 1 is 1.19 bits per heavy atom. The monoisotopic (exact) mass is 359 g/mol. The van der Waals surface area contributed by atoms with Crippen LogP contribution < -0.4 is 11.1 Å². The summed E-state index contributed by atoms with van der Waals surface area (Å²) >= 11 is 0. The van der Waals surface area contributed by atoms with Crippen molar-refractivity contribution in [3.63, 3.8) is 0 Å². The summed E-state index contributed by atoms with van der Waals surface area (Å²) in [5, 5.41) is 3.00. The largest absolute Gasteiger partial charge is 0.445 e. The van der Waals surface area contributed by atoms with Gasteiger partial charge in [0.1, 0.15) is 6.61 Å². The highest BCUT2D eigenvalue weighted by Crippen LogP contribution is 2.34. The second-order valence-electron chi connectivity index (χ2n) is 7.43. The number of benzene rings is 1. The summed E-state index contributed by atoms with van der Waals surface area (Å²) in [5.41, 5.74) is 6.82. The molecule has 3 atom stereocenters. The Bertz CT molecular complexity index is 616. The predicted molar refractivity (Wildman–Crippen MR) is 99.3 cm³/mol. The molecule has 2 aliphatic carbocycles. The van der Waals surface area contributed by atoms with E-state index >= 15 is 0 Å². The minimum Gasteiger partial charge on any atom is -0.445 e. The van der Waals surface area contributed by atoms with Gasteiger partial charge in [-0.3, -0.25) is 4.79 Å². The Balaban J connectivity index is 1.60. The summed E-state index contributed by atoms with van der Waals surface area (Å²) in [6, 6.07) is 9.32. The fourth-order valence-electron chi connectivity index (χ4n) is 3.73. The van der Waals surface area contributed by atoms with Crippen LogP contribution in [0.15, 0.2) is 30.3 Å². The van der Waals surface area contributed by atoms with Crippen LogP contribution in [0.5, 0.6) is 0 Å². The number of rotatable bonds is 6. The molecule has 1 aromatic rings. The maximum absolute atomic E-state index is 12.6. The van der Waals surface area contributed by atoms with Crippen LogP contribution in [-0.2, 0) is 16.1 Å². The summed E-state index contributed by atoms with van der Waals surface area (Å²) < 4.78 is 5.36. The van der Waals surface area contributed by atoms with E-state index in [0.717, 1.165) is 44.1 Å². The van der Waals surface area contributed by atoms with Gasteiger partial charge in [0.15, 0.2) is 0 Å². The lowest BCUT2D eigenvalue weighted by molar-refractivity contribution is -0.136. The van der Waals surface area contributed by atoms with E-state index < -0.39 is 12.1 Å². The quantitative estimate of drug-likeness (QED) is 0.817. The standard InChI is InChI=1S/C20H29N3O3/c1-14(21)19(24)23(16-11-12-16)18-10-6-5-9-17(18)22-20(25)26-13-15-7-3-2-4-8-15/h2-4,7-8,14,16-18H,5-6,9-13,21H2,1H3,(H,22,25). The fourth-order valence-corrected chi connectivity index (χ4v) is 3.73. The topological polar surface area (TPSA) is 84.7 Å². The lowest BCUT2D eigenvalue weighted by Gasteiger charge is -2.41. The van der Waals surface area contributed by atoms with Crippen LogP contribution >= 0.6 is 0 Å². The van der Waals surface area contributed by atoms with E-state index in [1.54, 1.807) is 6.92 Å². The van der Waals surface area contributed by atoms with Gasteiger partial charge < -0.3 is 20.7 Å². The highest BCUT2D eigenvalue weighted by atomic mass is 16.5. The molecule has 2 fully saturated rings. The number of carbonyl (C=O) groups excluding carboxylic acids is 2. The smallest absolute Gasteiger partial charge is 0.407 e. The molecule has 3 rings (SSSR count). The van der Waals surface area contributed by atoms with E-state index in [1.807, 2.05) is 35.2 Å². The average Bonchev–Trinajstić information content (AvgIpc) is 3.47. The first-order chi connectivity index (χ1) is 12.6. The van der Waals surface area contributed by atoms with Gasteiger partial charge in [-0.05, 0) is 38.2 Å². The number of nitrogens with two attached hydrogens (primary N) is 1. The van der Waals surface area contributed by atoms with Crippen LogP contribution in [0.25, 0.3) is 0 Å². The van der Waals surface area contributed by atoms with Gasteiger partial charge in [0.05, 0.1) is 18.1 Å². The summed E-state index contributed by atoms with van der Waals surface area (Å²) in [5.74, 6) is -0.0103.